The van der Waals surface area contributed by atoms with E-state index in [-0.39, 0.29) is 0 Å². The van der Waals surface area contributed by atoms with E-state index >= 15 is 0 Å². The van der Waals surface area contributed by atoms with Gasteiger partial charge in [0.25, 0.3) is 0 Å². The number of rotatable bonds is 5. The molecule has 0 bridgehead atoms. The molecular formula is C13H20N6S. The number of thioether (sulfide) groups is 1. The van der Waals surface area contributed by atoms with Crippen molar-refractivity contribution in [2.24, 2.45) is 0 Å². The van der Waals surface area contributed by atoms with Crippen molar-refractivity contribution in [3.05, 3.63) is 12.7 Å². The molecule has 108 valence electrons. The second-order valence-corrected chi connectivity index (χ2v) is 6.37. The Morgan fingerprint density at radius 1 is 1.45 bits per heavy atom. The number of aromatic nitrogens is 4. The van der Waals surface area contributed by atoms with Crippen LogP contribution in [0.4, 0.5) is 5.82 Å². The summed E-state index contributed by atoms with van der Waals surface area (Å²) in [5.74, 6) is 3.03. The summed E-state index contributed by atoms with van der Waals surface area (Å²) in [5, 5.41) is 0. The molecular weight excluding hydrogens is 272 g/mol. The Balaban J connectivity index is 1.58. The largest absolute Gasteiger partial charge is 0.382 e. The minimum absolute atomic E-state index is 0.453. The van der Waals surface area contributed by atoms with Gasteiger partial charge in [-0.2, -0.15) is 11.8 Å². The van der Waals surface area contributed by atoms with E-state index in [9.17, 15) is 0 Å². The fraction of sp³-hybridized carbons (Fsp3) is 0.615. The van der Waals surface area contributed by atoms with Gasteiger partial charge in [-0.1, -0.05) is 0 Å². The molecule has 0 radical (unpaired) electrons. The Labute approximate surface area is 122 Å². The lowest BCUT2D eigenvalue weighted by molar-refractivity contribution is 0.255. The topological polar surface area (TPSA) is 72.9 Å². The van der Waals surface area contributed by atoms with Gasteiger partial charge in [0.1, 0.15) is 11.8 Å². The van der Waals surface area contributed by atoms with Crippen LogP contribution in [0.2, 0.25) is 0 Å². The minimum atomic E-state index is 0.453. The van der Waals surface area contributed by atoms with Crippen LogP contribution >= 0.6 is 11.8 Å². The average Bonchev–Trinajstić information content (AvgIpc) is 3.09. The number of nitrogens with two attached hydrogens (primary N) is 1. The fourth-order valence-corrected chi connectivity index (χ4v) is 3.90. The molecule has 1 fully saturated rings. The molecule has 0 aliphatic carbocycles. The van der Waals surface area contributed by atoms with Crippen molar-refractivity contribution in [3.63, 3.8) is 0 Å². The number of hydrogen-bond donors (Lipinski definition) is 1. The highest BCUT2D eigenvalue weighted by atomic mass is 32.2. The van der Waals surface area contributed by atoms with E-state index in [0.717, 1.165) is 31.2 Å². The van der Waals surface area contributed by atoms with Crippen LogP contribution in [0.3, 0.4) is 0 Å². The van der Waals surface area contributed by atoms with Crippen molar-refractivity contribution < 1.29 is 0 Å². The predicted octanol–water partition coefficient (Wildman–Crippen LogP) is 1.24. The number of imidazole rings is 1. The highest BCUT2D eigenvalue weighted by molar-refractivity contribution is 7.99. The van der Waals surface area contributed by atoms with Crippen LogP contribution in [0.15, 0.2) is 12.7 Å². The number of aryl methyl sites for hydroxylation is 1. The van der Waals surface area contributed by atoms with E-state index in [0.29, 0.717) is 11.3 Å². The lowest BCUT2D eigenvalue weighted by Gasteiger charge is -2.23. The molecule has 0 amide bonds. The van der Waals surface area contributed by atoms with Gasteiger partial charge in [0.2, 0.25) is 0 Å². The fourth-order valence-electron chi connectivity index (χ4n) is 2.61. The van der Waals surface area contributed by atoms with Crippen molar-refractivity contribution in [1.82, 2.24) is 24.4 Å². The first-order chi connectivity index (χ1) is 9.75. The van der Waals surface area contributed by atoms with Crippen LogP contribution in [-0.4, -0.2) is 55.6 Å². The molecule has 2 N–H and O–H groups in total. The zero-order chi connectivity index (χ0) is 13.9. The van der Waals surface area contributed by atoms with Gasteiger partial charge in [0.05, 0.1) is 6.33 Å². The quantitative estimate of drug-likeness (QED) is 0.894. The summed E-state index contributed by atoms with van der Waals surface area (Å²) >= 11 is 2.06. The number of anilines is 1. The van der Waals surface area contributed by atoms with E-state index in [4.69, 9.17) is 5.73 Å². The van der Waals surface area contributed by atoms with E-state index in [1.807, 2.05) is 0 Å². The Morgan fingerprint density at radius 3 is 3.15 bits per heavy atom. The Kier molecular flexibility index (Phi) is 4.07. The zero-order valence-electron chi connectivity index (χ0n) is 11.7. The minimum Gasteiger partial charge on any atom is -0.382 e. The second-order valence-electron chi connectivity index (χ2n) is 5.22. The molecule has 2 aromatic heterocycles. The van der Waals surface area contributed by atoms with Gasteiger partial charge in [-0.15, -0.1) is 0 Å². The van der Waals surface area contributed by atoms with Crippen LogP contribution in [0, 0.1) is 0 Å². The number of hydrogen-bond acceptors (Lipinski definition) is 6. The highest BCUT2D eigenvalue weighted by Crippen LogP contribution is 2.21. The van der Waals surface area contributed by atoms with Gasteiger partial charge >= 0.3 is 0 Å². The third-order valence-electron chi connectivity index (χ3n) is 3.87. The molecule has 1 saturated heterocycles. The van der Waals surface area contributed by atoms with Gasteiger partial charge in [0.15, 0.2) is 11.5 Å². The van der Waals surface area contributed by atoms with Gasteiger partial charge in [0, 0.05) is 18.3 Å². The maximum Gasteiger partial charge on any atom is 0.165 e. The van der Waals surface area contributed by atoms with Gasteiger partial charge in [-0.3, -0.25) is 0 Å². The maximum absolute atomic E-state index is 5.79. The maximum atomic E-state index is 5.79. The van der Waals surface area contributed by atoms with Crippen LogP contribution in [0.5, 0.6) is 0 Å². The molecule has 0 aromatic carbocycles. The summed E-state index contributed by atoms with van der Waals surface area (Å²) in [7, 11) is 2.22. The number of nitrogens with zero attached hydrogens (tertiary/aromatic N) is 5. The first-order valence-electron chi connectivity index (χ1n) is 6.95. The summed E-state index contributed by atoms with van der Waals surface area (Å²) in [5.41, 5.74) is 7.32. The Morgan fingerprint density at radius 2 is 2.35 bits per heavy atom. The molecule has 7 heteroatoms. The first kappa shape index (κ1) is 13.6. The summed E-state index contributed by atoms with van der Waals surface area (Å²) in [6.45, 7) is 2.02. The molecule has 1 atom stereocenters. The van der Waals surface area contributed by atoms with Gasteiger partial charge in [-0.05, 0) is 32.2 Å². The lowest BCUT2D eigenvalue weighted by Crippen LogP contribution is -2.32. The molecule has 0 spiro atoms. The van der Waals surface area contributed by atoms with Crippen LogP contribution in [-0.2, 0) is 6.54 Å². The van der Waals surface area contributed by atoms with Gasteiger partial charge < -0.3 is 15.2 Å². The third-order valence-corrected chi connectivity index (χ3v) is 5.01. The molecule has 1 unspecified atom stereocenters. The van der Waals surface area contributed by atoms with Crippen molar-refractivity contribution in [1.29, 1.82) is 0 Å². The predicted molar refractivity (Wildman–Crippen MR) is 82.7 cm³/mol. The summed E-state index contributed by atoms with van der Waals surface area (Å²) < 4.78 is 2.06. The Bertz CT molecular complexity index is 577. The second kappa shape index (κ2) is 5.97. The van der Waals surface area contributed by atoms with E-state index in [2.05, 4.69) is 43.2 Å². The normalized spacial score (nSPS) is 19.2. The molecule has 6 nitrogen and oxygen atoms in total. The van der Waals surface area contributed by atoms with Crippen LogP contribution in [0.25, 0.3) is 11.2 Å². The summed E-state index contributed by atoms with van der Waals surface area (Å²) in [6, 6.07) is 0.748. The van der Waals surface area contributed by atoms with Crippen molar-refractivity contribution in [2.45, 2.75) is 25.4 Å². The summed E-state index contributed by atoms with van der Waals surface area (Å²) in [4.78, 5) is 15.0. The summed E-state index contributed by atoms with van der Waals surface area (Å²) in [6.07, 6.45) is 5.71. The number of nitrogen functional groups attached to an aromatic ring is 1. The van der Waals surface area contributed by atoms with E-state index in [1.54, 1.807) is 6.33 Å². The molecule has 2 aromatic rings. The standard InChI is InChI=1S/C13H20N6S/c1-18(10-3-6-20-7-10)4-2-5-19-9-17-11-12(14)15-8-16-13(11)19/h8-10H,2-7H2,1H3,(H2,14,15,16). The molecule has 3 rings (SSSR count). The van der Waals surface area contributed by atoms with Crippen LogP contribution in [0.1, 0.15) is 12.8 Å². The SMILES string of the molecule is CN(CCCn1cnc2c(N)ncnc21)C1CCSC1. The van der Waals surface area contributed by atoms with Crippen molar-refractivity contribution >= 4 is 28.7 Å². The van der Waals surface area contributed by atoms with E-state index < -0.39 is 0 Å². The highest BCUT2D eigenvalue weighted by Gasteiger charge is 2.19. The van der Waals surface area contributed by atoms with Crippen molar-refractivity contribution in [2.75, 3.05) is 30.8 Å². The van der Waals surface area contributed by atoms with E-state index in [1.165, 1.54) is 24.3 Å². The lowest BCUT2D eigenvalue weighted by atomic mass is 10.2. The first-order valence-corrected chi connectivity index (χ1v) is 8.10. The van der Waals surface area contributed by atoms with Crippen LogP contribution < -0.4 is 5.73 Å². The van der Waals surface area contributed by atoms with Crippen molar-refractivity contribution in [3.8, 4) is 0 Å². The number of fused-ring (bicyclic) bond motifs is 1. The average molecular weight is 292 g/mol. The molecule has 3 heterocycles. The zero-order valence-corrected chi connectivity index (χ0v) is 12.5. The molecule has 20 heavy (non-hydrogen) atoms. The molecule has 1 aliphatic heterocycles. The smallest absolute Gasteiger partial charge is 0.165 e. The Hall–Kier alpha value is -1.34. The third kappa shape index (κ3) is 2.73. The molecule has 1 aliphatic rings. The monoisotopic (exact) mass is 292 g/mol. The van der Waals surface area contributed by atoms with Gasteiger partial charge in [-0.25, -0.2) is 15.0 Å². The molecule has 0 saturated carbocycles.